The van der Waals surface area contributed by atoms with Gasteiger partial charge in [0, 0.05) is 29.3 Å². The average Bonchev–Trinajstić information content (AvgIpc) is 2.74. The summed E-state index contributed by atoms with van der Waals surface area (Å²) in [6, 6.07) is 16.1. The molecule has 8 nitrogen and oxygen atoms in total. The van der Waals surface area contributed by atoms with E-state index in [1.165, 1.54) is 6.20 Å². The molecule has 30 heavy (non-hydrogen) atoms. The number of rotatable bonds is 6. The minimum Gasteiger partial charge on any atom is -0.351 e. The van der Waals surface area contributed by atoms with Crippen LogP contribution >= 0.6 is 0 Å². The number of pyridine rings is 1. The van der Waals surface area contributed by atoms with Crippen molar-refractivity contribution < 1.29 is 14.4 Å². The number of primary amides is 1. The van der Waals surface area contributed by atoms with Crippen molar-refractivity contribution in [2.24, 2.45) is 5.73 Å². The van der Waals surface area contributed by atoms with Gasteiger partial charge in [0.2, 0.25) is 0 Å². The number of benzene rings is 2. The molecule has 152 valence electrons. The van der Waals surface area contributed by atoms with Crippen molar-refractivity contribution in [2.75, 3.05) is 10.6 Å². The van der Waals surface area contributed by atoms with Crippen LogP contribution in [0.5, 0.6) is 0 Å². The largest absolute Gasteiger partial charge is 0.351 e. The van der Waals surface area contributed by atoms with Crippen molar-refractivity contribution in [3.63, 3.8) is 0 Å². The lowest BCUT2D eigenvalue weighted by Gasteiger charge is -2.15. The van der Waals surface area contributed by atoms with Crippen LogP contribution in [0.4, 0.5) is 16.2 Å². The predicted octanol–water partition coefficient (Wildman–Crippen LogP) is 3.32. The third-order valence-corrected chi connectivity index (χ3v) is 4.33. The minimum atomic E-state index is -0.639. The van der Waals surface area contributed by atoms with E-state index in [0.29, 0.717) is 22.5 Å². The number of aromatic nitrogens is 1. The second-order valence-electron chi connectivity index (χ2n) is 6.58. The SMILES string of the molecule is CC(NC(=O)c1cccc(NC(=O)c2cccnc2)c1)c1ccc(NC(N)=O)cc1. The summed E-state index contributed by atoms with van der Waals surface area (Å²) in [4.78, 5) is 39.7. The van der Waals surface area contributed by atoms with Crippen molar-refractivity contribution in [2.45, 2.75) is 13.0 Å². The van der Waals surface area contributed by atoms with Crippen LogP contribution in [-0.2, 0) is 0 Å². The Hall–Kier alpha value is -4.20. The van der Waals surface area contributed by atoms with Crippen LogP contribution in [0.3, 0.4) is 0 Å². The topological polar surface area (TPSA) is 126 Å². The smallest absolute Gasteiger partial charge is 0.316 e. The Morgan fingerprint density at radius 3 is 2.27 bits per heavy atom. The normalized spacial score (nSPS) is 11.2. The van der Waals surface area contributed by atoms with E-state index in [1.54, 1.807) is 66.9 Å². The zero-order valence-electron chi connectivity index (χ0n) is 16.3. The number of amides is 4. The lowest BCUT2D eigenvalue weighted by atomic mass is 10.1. The first-order valence-electron chi connectivity index (χ1n) is 9.21. The summed E-state index contributed by atoms with van der Waals surface area (Å²) < 4.78 is 0. The molecule has 2 aromatic carbocycles. The van der Waals surface area contributed by atoms with Gasteiger partial charge in [-0.25, -0.2) is 4.79 Å². The van der Waals surface area contributed by atoms with Gasteiger partial charge in [0.15, 0.2) is 0 Å². The first-order valence-corrected chi connectivity index (χ1v) is 9.21. The molecular weight excluding hydrogens is 382 g/mol. The van der Waals surface area contributed by atoms with Crippen molar-refractivity contribution >= 4 is 29.2 Å². The molecule has 0 aliphatic carbocycles. The van der Waals surface area contributed by atoms with Crippen molar-refractivity contribution in [1.82, 2.24) is 10.3 Å². The van der Waals surface area contributed by atoms with Crippen molar-refractivity contribution in [1.29, 1.82) is 0 Å². The number of hydrogen-bond donors (Lipinski definition) is 4. The lowest BCUT2D eigenvalue weighted by molar-refractivity contribution is 0.0938. The van der Waals surface area contributed by atoms with E-state index >= 15 is 0 Å². The highest BCUT2D eigenvalue weighted by molar-refractivity contribution is 6.05. The maximum absolute atomic E-state index is 12.6. The molecule has 3 rings (SSSR count). The van der Waals surface area contributed by atoms with Gasteiger partial charge in [0.1, 0.15) is 0 Å². The predicted molar refractivity (Wildman–Crippen MR) is 114 cm³/mol. The fraction of sp³-hybridized carbons (Fsp3) is 0.0909. The van der Waals surface area contributed by atoms with Gasteiger partial charge in [-0.05, 0) is 55.0 Å². The number of carbonyl (C=O) groups excluding carboxylic acids is 3. The van der Waals surface area contributed by atoms with Crippen LogP contribution in [0, 0.1) is 0 Å². The molecule has 1 aromatic heterocycles. The Bertz CT molecular complexity index is 1050. The second kappa shape index (κ2) is 9.33. The molecule has 8 heteroatoms. The Morgan fingerprint density at radius 2 is 1.60 bits per heavy atom. The number of anilines is 2. The molecule has 5 N–H and O–H groups in total. The molecule has 0 aliphatic heterocycles. The zero-order chi connectivity index (χ0) is 21.5. The van der Waals surface area contributed by atoms with E-state index < -0.39 is 6.03 Å². The lowest BCUT2D eigenvalue weighted by Crippen LogP contribution is -2.26. The number of urea groups is 1. The van der Waals surface area contributed by atoms with E-state index in [9.17, 15) is 14.4 Å². The molecule has 1 unspecified atom stereocenters. The van der Waals surface area contributed by atoms with Gasteiger partial charge in [0.25, 0.3) is 11.8 Å². The first-order chi connectivity index (χ1) is 14.4. The van der Waals surface area contributed by atoms with Gasteiger partial charge in [0.05, 0.1) is 11.6 Å². The van der Waals surface area contributed by atoms with Gasteiger partial charge in [-0.3, -0.25) is 14.6 Å². The number of nitrogens with one attached hydrogen (secondary N) is 3. The van der Waals surface area contributed by atoms with E-state index in [2.05, 4.69) is 20.9 Å². The Morgan fingerprint density at radius 1 is 0.867 bits per heavy atom. The summed E-state index contributed by atoms with van der Waals surface area (Å²) in [5.41, 5.74) is 7.87. The first kappa shape index (κ1) is 20.5. The Kier molecular flexibility index (Phi) is 6.39. The van der Waals surface area contributed by atoms with Crippen molar-refractivity contribution in [3.05, 3.63) is 89.7 Å². The van der Waals surface area contributed by atoms with Crippen LogP contribution in [0.1, 0.15) is 39.2 Å². The number of nitrogens with two attached hydrogens (primary N) is 1. The zero-order valence-corrected chi connectivity index (χ0v) is 16.3. The quantitative estimate of drug-likeness (QED) is 0.504. The van der Waals surface area contributed by atoms with Crippen LogP contribution in [-0.4, -0.2) is 22.8 Å². The molecule has 0 bridgehead atoms. The standard InChI is InChI=1S/C22H21N5O3/c1-14(15-7-9-18(10-8-15)27-22(23)30)25-20(28)16-4-2-6-19(12-16)26-21(29)17-5-3-11-24-13-17/h2-14H,1H3,(H,25,28)(H,26,29)(H3,23,27,30). The van der Waals surface area contributed by atoms with E-state index in [-0.39, 0.29) is 17.9 Å². The molecule has 0 saturated heterocycles. The van der Waals surface area contributed by atoms with Crippen LogP contribution in [0.2, 0.25) is 0 Å². The minimum absolute atomic E-state index is 0.270. The number of hydrogen-bond acceptors (Lipinski definition) is 4. The van der Waals surface area contributed by atoms with Gasteiger partial charge < -0.3 is 21.7 Å². The fourth-order valence-corrected chi connectivity index (χ4v) is 2.80. The molecule has 3 aromatic rings. The molecule has 1 atom stereocenters. The van der Waals surface area contributed by atoms with Crippen LogP contribution in [0.15, 0.2) is 73.1 Å². The van der Waals surface area contributed by atoms with Gasteiger partial charge in [-0.1, -0.05) is 18.2 Å². The summed E-state index contributed by atoms with van der Waals surface area (Å²) in [7, 11) is 0. The summed E-state index contributed by atoms with van der Waals surface area (Å²) in [5, 5.41) is 8.15. The monoisotopic (exact) mass is 403 g/mol. The van der Waals surface area contributed by atoms with E-state index in [4.69, 9.17) is 5.73 Å². The maximum Gasteiger partial charge on any atom is 0.316 e. The molecular formula is C22H21N5O3. The highest BCUT2D eigenvalue weighted by Crippen LogP contribution is 2.18. The summed E-state index contributed by atoms with van der Waals surface area (Å²) in [5.74, 6) is -0.585. The highest BCUT2D eigenvalue weighted by Gasteiger charge is 2.13. The summed E-state index contributed by atoms with van der Waals surface area (Å²) in [6.07, 6.45) is 3.06. The molecule has 1 heterocycles. The molecule has 0 spiro atoms. The molecule has 0 fully saturated rings. The fourth-order valence-electron chi connectivity index (χ4n) is 2.80. The molecule has 0 radical (unpaired) electrons. The third-order valence-electron chi connectivity index (χ3n) is 4.33. The third kappa shape index (κ3) is 5.41. The average molecular weight is 403 g/mol. The van der Waals surface area contributed by atoms with Crippen LogP contribution in [0.25, 0.3) is 0 Å². The Labute approximate surface area is 173 Å². The highest BCUT2D eigenvalue weighted by atomic mass is 16.2. The summed E-state index contributed by atoms with van der Waals surface area (Å²) >= 11 is 0. The second-order valence-corrected chi connectivity index (χ2v) is 6.58. The summed E-state index contributed by atoms with van der Waals surface area (Å²) in [6.45, 7) is 1.85. The van der Waals surface area contributed by atoms with E-state index in [1.807, 2.05) is 6.92 Å². The van der Waals surface area contributed by atoms with Crippen molar-refractivity contribution in [3.8, 4) is 0 Å². The maximum atomic E-state index is 12.6. The molecule has 0 saturated carbocycles. The van der Waals surface area contributed by atoms with E-state index in [0.717, 1.165) is 5.56 Å². The molecule has 4 amide bonds. The number of carbonyl (C=O) groups is 3. The van der Waals surface area contributed by atoms with Gasteiger partial charge >= 0.3 is 6.03 Å². The molecule has 0 aliphatic rings. The number of nitrogens with zero attached hydrogens (tertiary/aromatic N) is 1. The van der Waals surface area contributed by atoms with Gasteiger partial charge in [-0.2, -0.15) is 0 Å². The van der Waals surface area contributed by atoms with Gasteiger partial charge in [-0.15, -0.1) is 0 Å². The van der Waals surface area contributed by atoms with Crippen LogP contribution < -0.4 is 21.7 Å². The Balaban J connectivity index is 1.64.